The summed E-state index contributed by atoms with van der Waals surface area (Å²) in [6.07, 6.45) is 3.75. The van der Waals surface area contributed by atoms with Crippen LogP contribution in [0, 0.1) is 0 Å². The molecule has 3 aromatic rings. The molecule has 0 amide bonds. The summed E-state index contributed by atoms with van der Waals surface area (Å²) in [7, 11) is 3.33. The lowest BCUT2D eigenvalue weighted by Gasteiger charge is -2.29. The Hall–Kier alpha value is -3.28. The van der Waals surface area contributed by atoms with Crippen LogP contribution in [0.3, 0.4) is 0 Å². The summed E-state index contributed by atoms with van der Waals surface area (Å²) in [5.74, 6) is 3.04. The number of anilines is 3. The van der Waals surface area contributed by atoms with Gasteiger partial charge in [-0.05, 0) is 59.9 Å². The molecule has 0 fully saturated rings. The quantitative estimate of drug-likeness (QED) is 0.675. The Kier molecular flexibility index (Phi) is 5.51. The van der Waals surface area contributed by atoms with E-state index in [0.717, 1.165) is 54.9 Å². The molecule has 0 bridgehead atoms. The van der Waals surface area contributed by atoms with Gasteiger partial charge in [0.2, 0.25) is 5.95 Å². The van der Waals surface area contributed by atoms with E-state index in [-0.39, 0.29) is 0 Å². The molecule has 0 saturated carbocycles. The van der Waals surface area contributed by atoms with Crippen molar-refractivity contribution in [1.29, 1.82) is 0 Å². The van der Waals surface area contributed by atoms with Crippen molar-refractivity contribution in [3.05, 3.63) is 65.4 Å². The van der Waals surface area contributed by atoms with E-state index in [4.69, 9.17) is 14.5 Å². The molecule has 2 aromatic carbocycles. The Labute approximate surface area is 171 Å². The molecule has 1 aromatic heterocycles. The lowest BCUT2D eigenvalue weighted by molar-refractivity contribution is 0.353. The van der Waals surface area contributed by atoms with Crippen LogP contribution in [0.2, 0.25) is 0 Å². The summed E-state index contributed by atoms with van der Waals surface area (Å²) in [6.45, 7) is 3.75. The summed E-state index contributed by atoms with van der Waals surface area (Å²) in [6, 6.07) is 14.4. The van der Waals surface area contributed by atoms with E-state index in [0.29, 0.717) is 0 Å². The van der Waals surface area contributed by atoms with Crippen molar-refractivity contribution < 1.29 is 9.47 Å². The van der Waals surface area contributed by atoms with Crippen molar-refractivity contribution in [3.63, 3.8) is 0 Å². The second kappa shape index (κ2) is 8.39. The van der Waals surface area contributed by atoms with E-state index >= 15 is 0 Å². The second-order valence-corrected chi connectivity index (χ2v) is 7.06. The Bertz CT molecular complexity index is 989. The number of hydrogen-bond acceptors (Lipinski definition) is 6. The summed E-state index contributed by atoms with van der Waals surface area (Å²) >= 11 is 0. The van der Waals surface area contributed by atoms with Gasteiger partial charge in [-0.1, -0.05) is 19.1 Å². The van der Waals surface area contributed by atoms with Crippen LogP contribution in [-0.4, -0.2) is 30.7 Å². The van der Waals surface area contributed by atoms with Gasteiger partial charge in [0.05, 0.1) is 14.2 Å². The zero-order valence-electron chi connectivity index (χ0n) is 17.1. The first-order chi connectivity index (χ1) is 14.2. The third-order valence-corrected chi connectivity index (χ3v) is 5.28. The van der Waals surface area contributed by atoms with Gasteiger partial charge >= 0.3 is 0 Å². The first-order valence-electron chi connectivity index (χ1n) is 9.88. The van der Waals surface area contributed by atoms with Gasteiger partial charge in [-0.15, -0.1) is 0 Å². The molecule has 0 radical (unpaired) electrons. The van der Waals surface area contributed by atoms with Crippen LogP contribution in [0.15, 0.2) is 48.7 Å². The van der Waals surface area contributed by atoms with Crippen molar-refractivity contribution in [2.45, 2.75) is 26.3 Å². The van der Waals surface area contributed by atoms with Crippen molar-refractivity contribution in [2.24, 2.45) is 0 Å². The highest BCUT2D eigenvalue weighted by molar-refractivity contribution is 5.58. The fraction of sp³-hybridized carbons (Fsp3) is 0.304. The van der Waals surface area contributed by atoms with E-state index in [2.05, 4.69) is 58.5 Å². The van der Waals surface area contributed by atoms with Crippen LogP contribution in [0.5, 0.6) is 11.5 Å². The minimum atomic E-state index is 0.723. The topological polar surface area (TPSA) is 59.5 Å². The number of aryl methyl sites for hydroxylation is 1. The van der Waals surface area contributed by atoms with Crippen molar-refractivity contribution in [3.8, 4) is 11.5 Å². The van der Waals surface area contributed by atoms with Crippen LogP contribution in [0.1, 0.15) is 23.6 Å². The maximum absolute atomic E-state index is 5.46. The first-order valence-corrected chi connectivity index (χ1v) is 9.88. The number of benzene rings is 2. The number of methoxy groups -OCH3 is 2. The Morgan fingerprint density at radius 3 is 2.41 bits per heavy atom. The number of ether oxygens (including phenoxy) is 2. The third kappa shape index (κ3) is 4.11. The van der Waals surface area contributed by atoms with E-state index in [1.165, 1.54) is 16.7 Å². The number of nitrogens with zero attached hydrogens (tertiary/aromatic N) is 3. The molecule has 0 aliphatic carbocycles. The molecule has 6 nitrogen and oxygen atoms in total. The van der Waals surface area contributed by atoms with Gasteiger partial charge in [-0.25, -0.2) is 4.98 Å². The smallest absolute Gasteiger partial charge is 0.227 e. The molecular formula is C23H26N4O2. The van der Waals surface area contributed by atoms with Gasteiger partial charge in [0.15, 0.2) is 11.5 Å². The fourth-order valence-electron chi connectivity index (χ4n) is 3.60. The standard InChI is InChI=1S/C23H26N4O2/c1-4-16-5-7-19(8-6-16)25-22-9-11-24-23(26-22)27-12-10-17-13-20(28-2)21(29-3)14-18(17)15-27/h5-9,11,13-14H,4,10,12,15H2,1-3H3,(H,24,25,26). The molecule has 1 N–H and O–H groups in total. The highest BCUT2D eigenvalue weighted by Gasteiger charge is 2.21. The predicted octanol–water partition coefficient (Wildman–Crippen LogP) is 4.36. The number of fused-ring (bicyclic) bond motifs is 1. The van der Waals surface area contributed by atoms with E-state index < -0.39 is 0 Å². The zero-order valence-corrected chi connectivity index (χ0v) is 17.1. The van der Waals surface area contributed by atoms with Crippen molar-refractivity contribution >= 4 is 17.5 Å². The second-order valence-electron chi connectivity index (χ2n) is 7.06. The molecule has 1 aliphatic heterocycles. The fourth-order valence-corrected chi connectivity index (χ4v) is 3.60. The normalized spacial score (nSPS) is 13.0. The van der Waals surface area contributed by atoms with E-state index in [9.17, 15) is 0 Å². The summed E-state index contributed by atoms with van der Waals surface area (Å²) in [4.78, 5) is 11.4. The Balaban J connectivity index is 1.53. The van der Waals surface area contributed by atoms with Crippen LogP contribution < -0.4 is 19.7 Å². The van der Waals surface area contributed by atoms with Gasteiger partial charge in [0.1, 0.15) is 5.82 Å². The van der Waals surface area contributed by atoms with Crippen LogP contribution in [-0.2, 0) is 19.4 Å². The van der Waals surface area contributed by atoms with Crippen molar-refractivity contribution in [2.75, 3.05) is 31.0 Å². The van der Waals surface area contributed by atoms with Gasteiger partial charge < -0.3 is 19.7 Å². The highest BCUT2D eigenvalue weighted by atomic mass is 16.5. The van der Waals surface area contributed by atoms with Gasteiger partial charge in [0.25, 0.3) is 0 Å². The van der Waals surface area contributed by atoms with Gasteiger partial charge in [0, 0.05) is 25.0 Å². The van der Waals surface area contributed by atoms with Crippen LogP contribution in [0.4, 0.5) is 17.5 Å². The monoisotopic (exact) mass is 390 g/mol. The molecule has 0 atom stereocenters. The number of nitrogens with one attached hydrogen (secondary N) is 1. The average molecular weight is 390 g/mol. The SMILES string of the molecule is CCc1ccc(Nc2ccnc(N3CCc4cc(OC)c(OC)cc4C3)n2)cc1. The molecule has 150 valence electrons. The molecule has 29 heavy (non-hydrogen) atoms. The van der Waals surface area contributed by atoms with E-state index in [1.807, 2.05) is 6.07 Å². The minimum absolute atomic E-state index is 0.723. The number of hydrogen-bond donors (Lipinski definition) is 1. The van der Waals surface area contributed by atoms with Gasteiger partial charge in [-0.2, -0.15) is 4.98 Å². The van der Waals surface area contributed by atoms with Crippen molar-refractivity contribution in [1.82, 2.24) is 9.97 Å². The lowest BCUT2D eigenvalue weighted by Crippen LogP contribution is -2.31. The number of aromatic nitrogens is 2. The van der Waals surface area contributed by atoms with Crippen LogP contribution in [0.25, 0.3) is 0 Å². The largest absolute Gasteiger partial charge is 0.493 e. The van der Waals surface area contributed by atoms with Gasteiger partial charge in [-0.3, -0.25) is 0 Å². The maximum atomic E-state index is 5.46. The zero-order chi connectivity index (χ0) is 20.2. The Morgan fingerprint density at radius 2 is 1.72 bits per heavy atom. The predicted molar refractivity (Wildman–Crippen MR) is 115 cm³/mol. The van der Waals surface area contributed by atoms with Crippen LogP contribution >= 0.6 is 0 Å². The molecule has 0 saturated heterocycles. The molecule has 6 heteroatoms. The maximum Gasteiger partial charge on any atom is 0.227 e. The summed E-state index contributed by atoms with van der Waals surface area (Å²) in [5.41, 5.74) is 4.83. The first kappa shape index (κ1) is 19.1. The average Bonchev–Trinajstić information content (AvgIpc) is 2.78. The third-order valence-electron chi connectivity index (χ3n) is 5.28. The molecule has 0 spiro atoms. The summed E-state index contributed by atoms with van der Waals surface area (Å²) < 4.78 is 10.9. The molecule has 2 heterocycles. The summed E-state index contributed by atoms with van der Waals surface area (Å²) in [5, 5.41) is 3.37. The van der Waals surface area contributed by atoms with E-state index in [1.54, 1.807) is 20.4 Å². The minimum Gasteiger partial charge on any atom is -0.493 e. The molecule has 0 unspecified atom stereocenters. The lowest BCUT2D eigenvalue weighted by atomic mass is 9.99. The highest BCUT2D eigenvalue weighted by Crippen LogP contribution is 2.34. The molecule has 1 aliphatic rings. The molecule has 4 rings (SSSR count). The molecular weight excluding hydrogens is 364 g/mol. The Morgan fingerprint density at radius 1 is 1.00 bits per heavy atom. The number of rotatable bonds is 6.